The summed E-state index contributed by atoms with van der Waals surface area (Å²) >= 11 is 0. The Labute approximate surface area is 140 Å². The van der Waals surface area contributed by atoms with Crippen molar-refractivity contribution in [3.63, 3.8) is 0 Å². The Kier molecular flexibility index (Phi) is 4.66. The summed E-state index contributed by atoms with van der Waals surface area (Å²) in [5, 5.41) is 11.7. The third-order valence-electron chi connectivity index (χ3n) is 3.90. The maximum atomic E-state index is 11.7. The second-order valence-corrected chi connectivity index (χ2v) is 5.44. The molecular formula is C20H18O4. The first-order chi connectivity index (χ1) is 11.7. The molecule has 0 aliphatic heterocycles. The van der Waals surface area contributed by atoms with Crippen LogP contribution >= 0.6 is 0 Å². The zero-order valence-electron chi connectivity index (χ0n) is 13.3. The van der Waals surface area contributed by atoms with Gasteiger partial charge in [0, 0.05) is 6.42 Å². The molecular weight excluding hydrogens is 304 g/mol. The Hall–Kier alpha value is -3.01. The summed E-state index contributed by atoms with van der Waals surface area (Å²) in [6.45, 7) is 0. The molecule has 0 aliphatic carbocycles. The van der Waals surface area contributed by atoms with E-state index in [-0.39, 0.29) is 6.42 Å². The highest BCUT2D eigenvalue weighted by Crippen LogP contribution is 2.28. The first kappa shape index (κ1) is 15.9. The van der Waals surface area contributed by atoms with Crippen LogP contribution in [0.5, 0.6) is 11.5 Å². The Morgan fingerprint density at radius 3 is 2.38 bits per heavy atom. The predicted octanol–water partition coefficient (Wildman–Crippen LogP) is 3.92. The lowest BCUT2D eigenvalue weighted by atomic mass is 10.00. The van der Waals surface area contributed by atoms with Crippen LogP contribution in [0.4, 0.5) is 0 Å². The van der Waals surface area contributed by atoms with Gasteiger partial charge in [-0.1, -0.05) is 54.6 Å². The highest BCUT2D eigenvalue weighted by atomic mass is 16.5. The summed E-state index contributed by atoms with van der Waals surface area (Å²) < 4.78 is 11.0. The smallest absolute Gasteiger partial charge is 0.345 e. The SMILES string of the molecule is COc1ccccc1O[C@@H](Cc1cccc2ccccc12)C(=O)O. The van der Waals surface area contributed by atoms with Crippen LogP contribution in [0.15, 0.2) is 66.7 Å². The fourth-order valence-corrected chi connectivity index (χ4v) is 2.72. The number of carboxylic acid groups (broad SMARTS) is 1. The van der Waals surface area contributed by atoms with Crippen molar-refractivity contribution in [1.82, 2.24) is 0 Å². The third kappa shape index (κ3) is 3.33. The van der Waals surface area contributed by atoms with Crippen LogP contribution in [0.1, 0.15) is 5.56 Å². The Balaban J connectivity index is 1.90. The van der Waals surface area contributed by atoms with E-state index in [1.54, 1.807) is 18.2 Å². The summed E-state index contributed by atoms with van der Waals surface area (Å²) in [7, 11) is 1.53. The molecule has 122 valence electrons. The first-order valence-electron chi connectivity index (χ1n) is 7.68. The second-order valence-electron chi connectivity index (χ2n) is 5.44. The van der Waals surface area contributed by atoms with E-state index in [1.807, 2.05) is 48.5 Å². The van der Waals surface area contributed by atoms with E-state index in [0.717, 1.165) is 16.3 Å². The van der Waals surface area contributed by atoms with Gasteiger partial charge in [-0.25, -0.2) is 4.79 Å². The van der Waals surface area contributed by atoms with Gasteiger partial charge in [0.2, 0.25) is 0 Å². The van der Waals surface area contributed by atoms with E-state index < -0.39 is 12.1 Å². The fourth-order valence-electron chi connectivity index (χ4n) is 2.72. The monoisotopic (exact) mass is 322 g/mol. The van der Waals surface area contributed by atoms with Crippen LogP contribution in [0, 0.1) is 0 Å². The number of para-hydroxylation sites is 2. The topological polar surface area (TPSA) is 55.8 Å². The summed E-state index contributed by atoms with van der Waals surface area (Å²) in [6.07, 6.45) is -0.721. The van der Waals surface area contributed by atoms with Gasteiger partial charge in [-0.15, -0.1) is 0 Å². The molecule has 4 heteroatoms. The Bertz CT molecular complexity index is 852. The quantitative estimate of drug-likeness (QED) is 0.747. The molecule has 4 nitrogen and oxygen atoms in total. The van der Waals surface area contributed by atoms with E-state index in [0.29, 0.717) is 11.5 Å². The first-order valence-corrected chi connectivity index (χ1v) is 7.68. The molecule has 24 heavy (non-hydrogen) atoms. The molecule has 0 aliphatic rings. The molecule has 1 N–H and O–H groups in total. The molecule has 0 fully saturated rings. The molecule has 0 spiro atoms. The van der Waals surface area contributed by atoms with Crippen molar-refractivity contribution in [2.45, 2.75) is 12.5 Å². The average Bonchev–Trinajstić information content (AvgIpc) is 2.61. The molecule has 0 aromatic heterocycles. The van der Waals surface area contributed by atoms with Gasteiger partial charge < -0.3 is 14.6 Å². The molecule has 3 rings (SSSR count). The maximum absolute atomic E-state index is 11.7. The molecule has 0 saturated carbocycles. The number of aliphatic carboxylic acids is 1. The molecule has 0 radical (unpaired) electrons. The standard InChI is InChI=1S/C20H18O4/c1-23-17-11-4-5-12-18(17)24-19(20(21)22)13-15-9-6-8-14-7-2-3-10-16(14)15/h2-12,19H,13H2,1H3,(H,21,22)/t19-/m0/s1. The van der Waals surface area contributed by atoms with Gasteiger partial charge in [0.25, 0.3) is 0 Å². The van der Waals surface area contributed by atoms with Gasteiger partial charge in [0.05, 0.1) is 7.11 Å². The van der Waals surface area contributed by atoms with Gasteiger partial charge in [0.1, 0.15) is 0 Å². The molecule has 0 unspecified atom stereocenters. The van der Waals surface area contributed by atoms with Crippen LogP contribution < -0.4 is 9.47 Å². The largest absolute Gasteiger partial charge is 0.493 e. The van der Waals surface area contributed by atoms with Crippen LogP contribution in [-0.2, 0) is 11.2 Å². The number of carboxylic acids is 1. The van der Waals surface area contributed by atoms with Crippen LogP contribution in [-0.4, -0.2) is 24.3 Å². The lowest BCUT2D eigenvalue weighted by molar-refractivity contribution is -0.145. The molecule has 1 atom stereocenters. The molecule has 0 heterocycles. The van der Waals surface area contributed by atoms with E-state index in [4.69, 9.17) is 9.47 Å². The Morgan fingerprint density at radius 1 is 0.958 bits per heavy atom. The van der Waals surface area contributed by atoms with Crippen molar-refractivity contribution in [2.24, 2.45) is 0 Å². The highest BCUT2D eigenvalue weighted by Gasteiger charge is 2.22. The fraction of sp³-hybridized carbons (Fsp3) is 0.150. The zero-order valence-corrected chi connectivity index (χ0v) is 13.3. The normalized spacial score (nSPS) is 11.9. The minimum absolute atomic E-state index is 0.273. The van der Waals surface area contributed by atoms with E-state index in [1.165, 1.54) is 7.11 Å². The van der Waals surface area contributed by atoms with Crippen molar-refractivity contribution >= 4 is 16.7 Å². The van der Waals surface area contributed by atoms with Gasteiger partial charge in [-0.05, 0) is 28.5 Å². The average molecular weight is 322 g/mol. The zero-order chi connectivity index (χ0) is 16.9. The number of ether oxygens (including phenoxy) is 2. The van der Waals surface area contributed by atoms with Crippen molar-refractivity contribution in [3.8, 4) is 11.5 Å². The number of fused-ring (bicyclic) bond motifs is 1. The minimum Gasteiger partial charge on any atom is -0.493 e. The predicted molar refractivity (Wildman–Crippen MR) is 92.7 cm³/mol. The van der Waals surface area contributed by atoms with Gasteiger partial charge in [0.15, 0.2) is 17.6 Å². The van der Waals surface area contributed by atoms with Crippen LogP contribution in [0.3, 0.4) is 0 Å². The van der Waals surface area contributed by atoms with E-state index >= 15 is 0 Å². The van der Waals surface area contributed by atoms with Crippen molar-refractivity contribution in [2.75, 3.05) is 7.11 Å². The number of benzene rings is 3. The lowest BCUT2D eigenvalue weighted by Crippen LogP contribution is -2.29. The van der Waals surface area contributed by atoms with Gasteiger partial charge >= 0.3 is 5.97 Å². The summed E-state index contributed by atoms with van der Waals surface area (Å²) in [5.74, 6) is -0.0665. The summed E-state index contributed by atoms with van der Waals surface area (Å²) in [5.41, 5.74) is 0.940. The third-order valence-corrected chi connectivity index (χ3v) is 3.90. The molecule has 3 aromatic carbocycles. The molecule has 0 bridgehead atoms. The minimum atomic E-state index is -1.01. The van der Waals surface area contributed by atoms with Crippen molar-refractivity contribution in [3.05, 3.63) is 72.3 Å². The van der Waals surface area contributed by atoms with Gasteiger partial charge in [-0.2, -0.15) is 0 Å². The van der Waals surface area contributed by atoms with Crippen LogP contribution in [0.25, 0.3) is 10.8 Å². The molecule has 0 amide bonds. The van der Waals surface area contributed by atoms with E-state index in [2.05, 4.69) is 0 Å². The highest BCUT2D eigenvalue weighted by molar-refractivity contribution is 5.86. The van der Waals surface area contributed by atoms with E-state index in [9.17, 15) is 9.90 Å². The number of carbonyl (C=O) groups is 1. The second kappa shape index (κ2) is 7.04. The lowest BCUT2D eigenvalue weighted by Gasteiger charge is -2.18. The number of hydrogen-bond acceptors (Lipinski definition) is 3. The van der Waals surface area contributed by atoms with Crippen LogP contribution in [0.2, 0.25) is 0 Å². The number of rotatable bonds is 6. The van der Waals surface area contributed by atoms with Crippen molar-refractivity contribution < 1.29 is 19.4 Å². The molecule has 3 aromatic rings. The van der Waals surface area contributed by atoms with Gasteiger partial charge in [-0.3, -0.25) is 0 Å². The summed E-state index contributed by atoms with van der Waals surface area (Å²) in [6, 6.07) is 20.8. The molecule has 0 saturated heterocycles. The summed E-state index contributed by atoms with van der Waals surface area (Å²) in [4.78, 5) is 11.7. The van der Waals surface area contributed by atoms with Crippen molar-refractivity contribution in [1.29, 1.82) is 0 Å². The number of hydrogen-bond donors (Lipinski definition) is 1. The maximum Gasteiger partial charge on any atom is 0.345 e. The Morgan fingerprint density at radius 2 is 1.62 bits per heavy atom. The number of methoxy groups -OCH3 is 1.